The second-order valence-corrected chi connectivity index (χ2v) is 3.35. The molecule has 2 rings (SSSR count). The largest absolute Gasteiger partial charge is 0.542 e. The number of carbonyl (C=O) groups excluding carboxylic acids is 1. The normalized spacial score (nSPS) is 10.7. The number of rotatable bonds is 1. The predicted molar refractivity (Wildman–Crippen MR) is 50.1 cm³/mol. The van der Waals surface area contributed by atoms with E-state index < -0.39 is 5.97 Å². The fourth-order valence-electron chi connectivity index (χ4n) is 1.36. The van der Waals surface area contributed by atoms with Crippen molar-refractivity contribution in [3.05, 3.63) is 29.0 Å². The minimum absolute atomic E-state index is 0.0951. The van der Waals surface area contributed by atoms with Crippen LogP contribution in [-0.2, 0) is 7.05 Å². The SMILES string of the molecule is Cn1c(C(=O)[O-])nc2cc(Cl)ccc21. The van der Waals surface area contributed by atoms with Crippen LogP contribution in [-0.4, -0.2) is 15.5 Å². The lowest BCUT2D eigenvalue weighted by Crippen LogP contribution is -2.25. The monoisotopic (exact) mass is 209 g/mol. The Morgan fingerprint density at radius 3 is 2.93 bits per heavy atom. The second kappa shape index (κ2) is 2.99. The van der Waals surface area contributed by atoms with Crippen LogP contribution in [0.4, 0.5) is 0 Å². The second-order valence-electron chi connectivity index (χ2n) is 2.91. The van der Waals surface area contributed by atoms with Gasteiger partial charge in [0, 0.05) is 12.1 Å². The number of fused-ring (bicyclic) bond motifs is 1. The smallest absolute Gasteiger partial charge is 0.156 e. The molecule has 0 saturated carbocycles. The van der Waals surface area contributed by atoms with Gasteiger partial charge in [0.05, 0.1) is 11.0 Å². The average molecular weight is 210 g/mol. The molecule has 0 aliphatic rings. The van der Waals surface area contributed by atoms with E-state index in [1.165, 1.54) is 4.57 Å². The van der Waals surface area contributed by atoms with Crippen molar-refractivity contribution >= 4 is 28.6 Å². The third-order valence-corrected chi connectivity index (χ3v) is 2.26. The molecule has 0 unspecified atom stereocenters. The van der Waals surface area contributed by atoms with Crippen LogP contribution in [0.5, 0.6) is 0 Å². The van der Waals surface area contributed by atoms with E-state index in [-0.39, 0.29) is 5.82 Å². The first kappa shape index (κ1) is 9.02. The van der Waals surface area contributed by atoms with Crippen molar-refractivity contribution in [2.24, 2.45) is 7.05 Å². The zero-order chi connectivity index (χ0) is 10.3. The van der Waals surface area contributed by atoms with E-state index in [2.05, 4.69) is 4.98 Å². The van der Waals surface area contributed by atoms with Crippen LogP contribution in [0.3, 0.4) is 0 Å². The van der Waals surface area contributed by atoms with Gasteiger partial charge in [0.25, 0.3) is 0 Å². The van der Waals surface area contributed by atoms with Crippen LogP contribution >= 0.6 is 11.6 Å². The van der Waals surface area contributed by atoms with Crippen LogP contribution in [0.2, 0.25) is 5.02 Å². The third-order valence-electron chi connectivity index (χ3n) is 2.03. The Hall–Kier alpha value is -1.55. The molecule has 14 heavy (non-hydrogen) atoms. The molecule has 0 N–H and O–H groups in total. The summed E-state index contributed by atoms with van der Waals surface area (Å²) in [6.45, 7) is 0. The fourth-order valence-corrected chi connectivity index (χ4v) is 1.52. The molecule has 0 fully saturated rings. The Kier molecular flexibility index (Phi) is 1.93. The van der Waals surface area contributed by atoms with Crippen molar-refractivity contribution in [3.8, 4) is 0 Å². The number of imidazole rings is 1. The van der Waals surface area contributed by atoms with Crippen LogP contribution in [0.15, 0.2) is 18.2 Å². The van der Waals surface area contributed by atoms with E-state index in [0.717, 1.165) is 0 Å². The van der Waals surface area contributed by atoms with E-state index in [1.54, 1.807) is 25.2 Å². The quantitative estimate of drug-likeness (QED) is 0.691. The van der Waals surface area contributed by atoms with Gasteiger partial charge in [-0.2, -0.15) is 0 Å². The molecule has 0 saturated heterocycles. The maximum absolute atomic E-state index is 10.6. The highest BCUT2D eigenvalue weighted by Gasteiger charge is 2.07. The van der Waals surface area contributed by atoms with E-state index in [1.807, 2.05) is 0 Å². The molecule has 1 aromatic carbocycles. The number of halogens is 1. The third kappa shape index (κ3) is 1.24. The first-order valence-electron chi connectivity index (χ1n) is 3.93. The first-order valence-corrected chi connectivity index (χ1v) is 4.30. The Labute approximate surface area is 84.7 Å². The van der Waals surface area contributed by atoms with Crippen molar-refractivity contribution in [2.45, 2.75) is 0 Å². The zero-order valence-electron chi connectivity index (χ0n) is 7.32. The molecule has 0 atom stereocenters. The number of aryl methyl sites for hydroxylation is 1. The van der Waals surface area contributed by atoms with Crippen molar-refractivity contribution < 1.29 is 9.90 Å². The predicted octanol–water partition coefficient (Wildman–Crippen LogP) is 0.590. The van der Waals surface area contributed by atoms with Crippen LogP contribution in [0.1, 0.15) is 10.6 Å². The molecule has 0 amide bonds. The highest BCUT2D eigenvalue weighted by molar-refractivity contribution is 6.31. The molecule has 0 spiro atoms. The van der Waals surface area contributed by atoms with Gasteiger partial charge in [-0.05, 0) is 18.2 Å². The van der Waals surface area contributed by atoms with Gasteiger partial charge in [-0.3, -0.25) is 0 Å². The Bertz CT molecular complexity index is 519. The van der Waals surface area contributed by atoms with Crippen molar-refractivity contribution in [1.29, 1.82) is 0 Å². The standard InChI is InChI=1S/C9H7ClN2O2/c1-12-7-3-2-5(10)4-6(7)11-8(12)9(13)14/h2-4H,1H3,(H,13,14)/p-1. The Balaban J connectivity index is 2.79. The molecule has 1 heterocycles. The van der Waals surface area contributed by atoms with Gasteiger partial charge in [-0.1, -0.05) is 11.6 Å². The molecule has 0 aliphatic heterocycles. The zero-order valence-corrected chi connectivity index (χ0v) is 8.08. The minimum atomic E-state index is -1.29. The van der Waals surface area contributed by atoms with Gasteiger partial charge < -0.3 is 14.5 Å². The summed E-state index contributed by atoms with van der Waals surface area (Å²) in [5.74, 6) is -1.39. The van der Waals surface area contributed by atoms with Gasteiger partial charge >= 0.3 is 0 Å². The number of aromatic nitrogens is 2. The molecule has 0 radical (unpaired) electrons. The minimum Gasteiger partial charge on any atom is -0.542 e. The number of benzene rings is 1. The first-order chi connectivity index (χ1) is 6.59. The van der Waals surface area contributed by atoms with Crippen LogP contribution < -0.4 is 5.11 Å². The molecular formula is C9H6ClN2O2-. The van der Waals surface area contributed by atoms with Crippen molar-refractivity contribution in [2.75, 3.05) is 0 Å². The Morgan fingerprint density at radius 1 is 1.57 bits per heavy atom. The lowest BCUT2D eigenvalue weighted by molar-refractivity contribution is -0.256. The topological polar surface area (TPSA) is 58.0 Å². The summed E-state index contributed by atoms with van der Waals surface area (Å²) in [5.41, 5.74) is 1.27. The molecule has 4 nitrogen and oxygen atoms in total. The summed E-state index contributed by atoms with van der Waals surface area (Å²) in [5, 5.41) is 11.2. The number of carboxylic acids is 1. The van der Waals surface area contributed by atoms with E-state index in [9.17, 15) is 9.90 Å². The number of carbonyl (C=O) groups is 1. The number of hydrogen-bond donors (Lipinski definition) is 0. The van der Waals surface area contributed by atoms with Crippen LogP contribution in [0, 0.1) is 0 Å². The van der Waals surface area contributed by atoms with Gasteiger partial charge in [0.1, 0.15) is 5.97 Å². The number of carboxylic acid groups (broad SMARTS) is 1. The van der Waals surface area contributed by atoms with Gasteiger partial charge in [-0.15, -0.1) is 0 Å². The van der Waals surface area contributed by atoms with Crippen LogP contribution in [0.25, 0.3) is 11.0 Å². The summed E-state index contributed by atoms with van der Waals surface area (Å²) >= 11 is 5.75. The molecule has 2 aromatic rings. The number of nitrogens with zero attached hydrogens (tertiary/aromatic N) is 2. The van der Waals surface area contributed by atoms with E-state index in [4.69, 9.17) is 11.6 Å². The molecule has 5 heteroatoms. The number of aromatic carboxylic acids is 1. The summed E-state index contributed by atoms with van der Waals surface area (Å²) in [7, 11) is 1.62. The van der Waals surface area contributed by atoms with E-state index >= 15 is 0 Å². The van der Waals surface area contributed by atoms with Crippen molar-refractivity contribution in [3.63, 3.8) is 0 Å². The molecule has 1 aromatic heterocycles. The maximum atomic E-state index is 10.6. The van der Waals surface area contributed by atoms with E-state index in [0.29, 0.717) is 16.1 Å². The van der Waals surface area contributed by atoms with Gasteiger partial charge in [0.2, 0.25) is 0 Å². The summed E-state index contributed by atoms with van der Waals surface area (Å²) in [6.07, 6.45) is 0. The fraction of sp³-hybridized carbons (Fsp3) is 0.111. The Morgan fingerprint density at radius 2 is 2.29 bits per heavy atom. The summed E-state index contributed by atoms with van der Waals surface area (Å²) < 4.78 is 1.46. The van der Waals surface area contributed by atoms with Crippen molar-refractivity contribution in [1.82, 2.24) is 9.55 Å². The maximum Gasteiger partial charge on any atom is 0.156 e. The lowest BCUT2D eigenvalue weighted by Gasteiger charge is -2.01. The van der Waals surface area contributed by atoms with Gasteiger partial charge in [0.15, 0.2) is 5.82 Å². The summed E-state index contributed by atoms with van der Waals surface area (Å²) in [6, 6.07) is 5.02. The molecule has 0 bridgehead atoms. The highest BCUT2D eigenvalue weighted by atomic mass is 35.5. The molecule has 72 valence electrons. The lowest BCUT2D eigenvalue weighted by atomic mass is 10.3. The molecule has 0 aliphatic carbocycles. The molecular weight excluding hydrogens is 204 g/mol. The number of hydrogen-bond acceptors (Lipinski definition) is 3. The average Bonchev–Trinajstić information content (AvgIpc) is 2.43. The van der Waals surface area contributed by atoms with Gasteiger partial charge in [-0.25, -0.2) is 4.98 Å². The summed E-state index contributed by atoms with van der Waals surface area (Å²) in [4.78, 5) is 14.5. The highest BCUT2D eigenvalue weighted by Crippen LogP contribution is 2.19.